The Hall–Kier alpha value is -2.92. The van der Waals surface area contributed by atoms with Crippen LogP contribution in [-0.2, 0) is 24.9 Å². The van der Waals surface area contributed by atoms with Crippen LogP contribution in [0.25, 0.3) is 11.0 Å². The first-order chi connectivity index (χ1) is 20.5. The van der Waals surface area contributed by atoms with E-state index in [4.69, 9.17) is 0 Å². The van der Waals surface area contributed by atoms with Gasteiger partial charge in [0.2, 0.25) is 0 Å². The normalized spacial score (nSPS) is 26.6. The van der Waals surface area contributed by atoms with Crippen molar-refractivity contribution >= 4 is 39.4 Å². The second-order valence-electron chi connectivity index (χ2n) is 12.2. The largest absolute Gasteiger partial charge is 0.354 e. The first-order valence-corrected chi connectivity index (χ1v) is 16.1. The lowest BCUT2D eigenvalue weighted by atomic mass is 9.85. The van der Waals surface area contributed by atoms with Gasteiger partial charge in [0.1, 0.15) is 21.3 Å². The zero-order valence-corrected chi connectivity index (χ0v) is 26.3. The first-order valence-electron chi connectivity index (χ1n) is 14.9. The number of hydrogen-bond acceptors (Lipinski definition) is 6. The molecule has 9 rings (SSSR count). The van der Waals surface area contributed by atoms with E-state index in [-0.39, 0.29) is 35.8 Å². The molecule has 1 unspecified atom stereocenters. The van der Waals surface area contributed by atoms with Crippen LogP contribution in [0.3, 0.4) is 0 Å². The summed E-state index contributed by atoms with van der Waals surface area (Å²) in [6.45, 7) is 3.46. The molecule has 2 fully saturated rings. The minimum atomic E-state index is -3.34. The number of rotatable bonds is 1. The van der Waals surface area contributed by atoms with E-state index in [1.165, 1.54) is 21.3 Å². The summed E-state index contributed by atoms with van der Waals surface area (Å²) >= 11 is 1.91. The van der Waals surface area contributed by atoms with Crippen LogP contribution < -0.4 is 16.6 Å². The lowest BCUT2D eigenvalue weighted by Gasteiger charge is -2.39. The quantitative estimate of drug-likeness (QED) is 0.198. The van der Waals surface area contributed by atoms with Crippen molar-refractivity contribution in [3.8, 4) is 6.07 Å². The molecule has 1 aliphatic carbocycles. The fourth-order valence-corrected chi connectivity index (χ4v) is 7.55. The maximum Gasteiger partial charge on any atom is 0.351 e. The number of nitrogens with one attached hydrogen (secondary N) is 1. The van der Waals surface area contributed by atoms with Gasteiger partial charge >= 0.3 is 5.69 Å². The SMILES string of the molecule is CC1CCCCn2c(=O)nc(c3cc(C4(C#N)CC4)c(=O)n(C)c32)N[C@H](I)c2cccc(c2F)C(F)(F)C2CCN1CC2. The van der Waals surface area contributed by atoms with Crippen molar-refractivity contribution in [2.45, 2.75) is 79.8 Å². The van der Waals surface area contributed by atoms with Crippen LogP contribution in [0.5, 0.6) is 0 Å². The second-order valence-corrected chi connectivity index (χ2v) is 13.5. The highest BCUT2D eigenvalue weighted by molar-refractivity contribution is 14.1. The van der Waals surface area contributed by atoms with E-state index in [1.807, 2.05) is 22.6 Å². The van der Waals surface area contributed by atoms with Gasteiger partial charge in [-0.3, -0.25) is 13.9 Å². The molecular formula is C31H34F3IN6O2. The van der Waals surface area contributed by atoms with Gasteiger partial charge in [-0.2, -0.15) is 10.2 Å². The van der Waals surface area contributed by atoms with Crippen LogP contribution in [-0.4, -0.2) is 38.1 Å². The third-order valence-electron chi connectivity index (χ3n) is 9.65. The molecule has 1 saturated carbocycles. The first kappa shape index (κ1) is 30.1. The number of nitriles is 1. The van der Waals surface area contributed by atoms with E-state index in [2.05, 4.69) is 28.2 Å². The van der Waals surface area contributed by atoms with E-state index in [0.717, 1.165) is 18.9 Å². The molecule has 7 heterocycles. The molecule has 8 nitrogen and oxygen atoms in total. The summed E-state index contributed by atoms with van der Waals surface area (Å²) in [4.78, 5) is 33.5. The van der Waals surface area contributed by atoms with E-state index in [0.29, 0.717) is 55.5 Å². The van der Waals surface area contributed by atoms with Crippen LogP contribution in [0, 0.1) is 23.1 Å². The van der Waals surface area contributed by atoms with Gasteiger partial charge < -0.3 is 10.2 Å². The highest BCUT2D eigenvalue weighted by Gasteiger charge is 2.48. The summed E-state index contributed by atoms with van der Waals surface area (Å²) in [7, 11) is 1.58. The number of alkyl halides is 3. The van der Waals surface area contributed by atoms with Crippen molar-refractivity contribution in [2.75, 3.05) is 18.4 Å². The molecule has 12 heteroatoms. The number of piperidine rings is 1. The van der Waals surface area contributed by atoms with Crippen molar-refractivity contribution in [3.05, 3.63) is 67.6 Å². The average molecular weight is 707 g/mol. The molecule has 228 valence electrons. The van der Waals surface area contributed by atoms with Gasteiger partial charge in [-0.05, 0) is 64.6 Å². The van der Waals surface area contributed by atoms with E-state index < -0.39 is 38.4 Å². The van der Waals surface area contributed by atoms with Gasteiger partial charge in [-0.25, -0.2) is 18.0 Å². The number of hydrogen-bond donors (Lipinski definition) is 1. The summed E-state index contributed by atoms with van der Waals surface area (Å²) in [6.07, 6.45) is 3.94. The predicted octanol–water partition coefficient (Wildman–Crippen LogP) is 5.71. The fourth-order valence-electron chi connectivity index (χ4n) is 6.77. The molecular weight excluding hydrogens is 672 g/mol. The fraction of sp³-hybridized carbons (Fsp3) is 0.548. The number of aromatic nitrogens is 3. The maximum absolute atomic E-state index is 15.9. The topological polar surface area (TPSA) is 96.0 Å². The van der Waals surface area contributed by atoms with E-state index in [1.54, 1.807) is 13.1 Å². The number of aryl methyl sites for hydroxylation is 2. The minimum absolute atomic E-state index is 0.0154. The van der Waals surface area contributed by atoms with Crippen LogP contribution in [0.2, 0.25) is 0 Å². The highest BCUT2D eigenvalue weighted by atomic mass is 127. The Labute approximate surface area is 261 Å². The lowest BCUT2D eigenvalue weighted by Crippen LogP contribution is -2.43. The smallest absolute Gasteiger partial charge is 0.351 e. The number of halogens is 4. The molecule has 43 heavy (non-hydrogen) atoms. The van der Waals surface area contributed by atoms with E-state index >= 15 is 13.2 Å². The van der Waals surface area contributed by atoms with Gasteiger partial charge in [0.25, 0.3) is 11.5 Å². The van der Waals surface area contributed by atoms with Crippen LogP contribution in [0.4, 0.5) is 19.0 Å². The molecule has 5 aliphatic heterocycles. The van der Waals surface area contributed by atoms with Crippen molar-refractivity contribution in [3.63, 3.8) is 0 Å². The summed E-state index contributed by atoms with van der Waals surface area (Å²) < 4.78 is 49.7. The number of benzene rings is 1. The molecule has 1 aromatic carbocycles. The molecule has 2 atom stereocenters. The molecule has 3 aromatic rings. The zero-order chi connectivity index (χ0) is 30.7. The van der Waals surface area contributed by atoms with Crippen molar-refractivity contribution in [1.82, 2.24) is 19.0 Å². The van der Waals surface area contributed by atoms with Crippen LogP contribution in [0.1, 0.15) is 72.6 Å². The van der Waals surface area contributed by atoms with Crippen molar-refractivity contribution in [1.29, 1.82) is 5.26 Å². The third kappa shape index (κ3) is 5.16. The number of nitrogens with zero attached hydrogens (tertiary/aromatic N) is 5. The molecule has 0 amide bonds. The Morgan fingerprint density at radius 1 is 1.09 bits per heavy atom. The molecule has 0 spiro atoms. The minimum Gasteiger partial charge on any atom is -0.354 e. The van der Waals surface area contributed by atoms with Crippen LogP contribution >= 0.6 is 22.6 Å². The standard InChI is InChI=1S/C31H34F3IN6O2/c1-18-6-3-4-13-41-27-21(16-23(28(42)39(27)2)30(17-36)11-12-30)26(38-29(41)43)37-25(35)20-7-5-8-22(24(20)32)31(33,34)19-9-14-40(18)15-10-19/h5,7-8,16,18-19,25H,3-4,6,9-15H2,1-2H3,(H,37,38,43)/t18?,25-/m0/s1. The average Bonchev–Trinajstić information content (AvgIpc) is 3.79. The lowest BCUT2D eigenvalue weighted by molar-refractivity contribution is -0.0907. The Morgan fingerprint density at radius 3 is 2.49 bits per heavy atom. The monoisotopic (exact) mass is 706 g/mol. The Kier molecular flexibility index (Phi) is 7.86. The molecule has 1 saturated heterocycles. The van der Waals surface area contributed by atoms with Gasteiger partial charge in [0, 0.05) is 36.7 Å². The van der Waals surface area contributed by atoms with Gasteiger partial charge in [-0.1, -0.05) is 47.2 Å². The third-order valence-corrected chi connectivity index (χ3v) is 10.6. The molecule has 6 aliphatic rings. The zero-order valence-electron chi connectivity index (χ0n) is 24.2. The summed E-state index contributed by atoms with van der Waals surface area (Å²) in [5, 5.41) is 13.4. The molecule has 6 bridgehead atoms. The number of anilines is 1. The van der Waals surface area contributed by atoms with E-state index in [9.17, 15) is 14.9 Å². The van der Waals surface area contributed by atoms with Gasteiger partial charge in [-0.15, -0.1) is 0 Å². The summed E-state index contributed by atoms with van der Waals surface area (Å²) in [5.41, 5.74) is -1.75. The molecule has 0 radical (unpaired) electrons. The predicted molar refractivity (Wildman–Crippen MR) is 166 cm³/mol. The summed E-state index contributed by atoms with van der Waals surface area (Å²) in [5.74, 6) is -5.19. The molecule has 2 aromatic heterocycles. The Morgan fingerprint density at radius 2 is 1.81 bits per heavy atom. The van der Waals surface area contributed by atoms with Crippen molar-refractivity contribution < 1.29 is 13.2 Å². The van der Waals surface area contributed by atoms with Crippen LogP contribution in [0.15, 0.2) is 33.9 Å². The Bertz CT molecular complexity index is 1740. The van der Waals surface area contributed by atoms with Crippen molar-refractivity contribution in [2.24, 2.45) is 13.0 Å². The van der Waals surface area contributed by atoms with Gasteiger partial charge in [0.05, 0.1) is 22.4 Å². The highest BCUT2D eigenvalue weighted by Crippen LogP contribution is 2.47. The van der Waals surface area contributed by atoms with Gasteiger partial charge in [0.15, 0.2) is 0 Å². The maximum atomic E-state index is 15.9. The Balaban J connectivity index is 1.52. The summed E-state index contributed by atoms with van der Waals surface area (Å²) in [6, 6.07) is 8.11. The molecule has 1 N–H and O–H groups in total. The number of pyridine rings is 1. The second kappa shape index (κ2) is 11.2.